The molecule has 1 saturated heterocycles. The second-order valence-corrected chi connectivity index (χ2v) is 7.76. The van der Waals surface area contributed by atoms with Crippen molar-refractivity contribution in [1.82, 2.24) is 15.8 Å². The van der Waals surface area contributed by atoms with Crippen molar-refractivity contribution in [3.8, 4) is 10.6 Å². The molecule has 1 amide bonds. The Morgan fingerprint density at radius 3 is 2.88 bits per heavy atom. The number of halogens is 2. The Labute approximate surface area is 161 Å². The molecule has 0 atom stereocenters. The summed E-state index contributed by atoms with van der Waals surface area (Å²) < 4.78 is 11.3. The van der Waals surface area contributed by atoms with E-state index in [-0.39, 0.29) is 29.4 Å². The van der Waals surface area contributed by atoms with Gasteiger partial charge < -0.3 is 19.9 Å². The number of amides is 1. The Morgan fingerprint density at radius 1 is 1.48 bits per heavy atom. The third kappa shape index (κ3) is 4.95. The van der Waals surface area contributed by atoms with Gasteiger partial charge in [-0.1, -0.05) is 16.8 Å². The molecular formula is C16H21Cl2N3O3S. The first-order valence-electron chi connectivity index (χ1n) is 7.82. The van der Waals surface area contributed by atoms with Crippen LogP contribution in [0.4, 0.5) is 0 Å². The first-order chi connectivity index (χ1) is 11.6. The summed E-state index contributed by atoms with van der Waals surface area (Å²) >= 11 is 7.31. The number of rotatable bonds is 6. The summed E-state index contributed by atoms with van der Waals surface area (Å²) in [5.74, 6) is 0.312. The summed E-state index contributed by atoms with van der Waals surface area (Å²) in [5.41, 5.74) is 0.250. The van der Waals surface area contributed by atoms with Crippen molar-refractivity contribution in [2.75, 3.05) is 33.4 Å². The molecule has 1 aliphatic rings. The molecule has 138 valence electrons. The van der Waals surface area contributed by atoms with Crippen LogP contribution < -0.4 is 10.6 Å². The topological polar surface area (TPSA) is 76.4 Å². The Bertz CT molecular complexity index is 693. The van der Waals surface area contributed by atoms with E-state index in [0.717, 1.165) is 30.8 Å². The average molecular weight is 406 g/mol. The van der Waals surface area contributed by atoms with Crippen LogP contribution in [0.1, 0.15) is 23.3 Å². The monoisotopic (exact) mass is 405 g/mol. The summed E-state index contributed by atoms with van der Waals surface area (Å²) in [7, 11) is 1.70. The first-order valence-corrected chi connectivity index (χ1v) is 9.02. The Morgan fingerprint density at radius 2 is 2.24 bits per heavy atom. The van der Waals surface area contributed by atoms with Gasteiger partial charge >= 0.3 is 0 Å². The van der Waals surface area contributed by atoms with Crippen LogP contribution >= 0.6 is 35.3 Å². The molecule has 25 heavy (non-hydrogen) atoms. The molecule has 0 radical (unpaired) electrons. The van der Waals surface area contributed by atoms with Crippen molar-refractivity contribution >= 4 is 41.3 Å². The van der Waals surface area contributed by atoms with E-state index in [2.05, 4.69) is 15.8 Å². The fraction of sp³-hybridized carbons (Fsp3) is 0.500. The summed E-state index contributed by atoms with van der Waals surface area (Å²) in [6.45, 7) is 3.07. The fourth-order valence-electron chi connectivity index (χ4n) is 2.94. The summed E-state index contributed by atoms with van der Waals surface area (Å²) in [6, 6.07) is 5.27. The molecular weight excluding hydrogens is 385 g/mol. The van der Waals surface area contributed by atoms with E-state index in [0.29, 0.717) is 23.2 Å². The van der Waals surface area contributed by atoms with Crippen molar-refractivity contribution in [2.24, 2.45) is 5.41 Å². The van der Waals surface area contributed by atoms with Gasteiger partial charge in [-0.2, -0.15) is 0 Å². The van der Waals surface area contributed by atoms with Crippen molar-refractivity contribution in [3.63, 3.8) is 0 Å². The van der Waals surface area contributed by atoms with Crippen LogP contribution in [0.5, 0.6) is 0 Å². The van der Waals surface area contributed by atoms with Gasteiger partial charge in [-0.15, -0.1) is 23.7 Å². The van der Waals surface area contributed by atoms with Crippen LogP contribution in [0.15, 0.2) is 22.7 Å². The molecule has 3 heterocycles. The smallest absolute Gasteiger partial charge is 0.273 e. The molecule has 0 bridgehead atoms. The molecule has 9 heteroatoms. The third-order valence-corrected chi connectivity index (χ3v) is 5.54. The van der Waals surface area contributed by atoms with Gasteiger partial charge in [0.1, 0.15) is 0 Å². The highest BCUT2D eigenvalue weighted by molar-refractivity contribution is 7.19. The van der Waals surface area contributed by atoms with E-state index in [1.807, 2.05) is 6.07 Å². The fourth-order valence-corrected chi connectivity index (χ4v) is 3.93. The van der Waals surface area contributed by atoms with Gasteiger partial charge in [-0.3, -0.25) is 4.79 Å². The number of piperidine rings is 1. The van der Waals surface area contributed by atoms with Crippen LogP contribution in [-0.4, -0.2) is 44.4 Å². The highest BCUT2D eigenvalue weighted by Crippen LogP contribution is 2.31. The number of nitrogens with one attached hydrogen (secondary N) is 2. The van der Waals surface area contributed by atoms with Crippen LogP contribution in [0, 0.1) is 5.41 Å². The summed E-state index contributed by atoms with van der Waals surface area (Å²) in [4.78, 5) is 13.2. The minimum atomic E-state index is -0.235. The summed E-state index contributed by atoms with van der Waals surface area (Å²) in [6.07, 6.45) is 1.94. The highest BCUT2D eigenvalue weighted by Gasteiger charge is 2.32. The number of ether oxygens (including phenoxy) is 1. The van der Waals surface area contributed by atoms with Crippen LogP contribution in [0.2, 0.25) is 4.34 Å². The van der Waals surface area contributed by atoms with Crippen LogP contribution in [0.25, 0.3) is 10.6 Å². The van der Waals surface area contributed by atoms with Gasteiger partial charge in [-0.05, 0) is 38.1 Å². The van der Waals surface area contributed by atoms with E-state index < -0.39 is 0 Å². The maximum Gasteiger partial charge on any atom is 0.273 e. The lowest BCUT2D eigenvalue weighted by molar-refractivity contribution is 0.0510. The maximum atomic E-state index is 12.4. The Balaban J connectivity index is 0.00000225. The second-order valence-electron chi connectivity index (χ2n) is 6.05. The molecule has 2 aromatic heterocycles. The van der Waals surface area contributed by atoms with Crippen molar-refractivity contribution < 1.29 is 14.1 Å². The standard InChI is InChI=1S/C16H20ClN3O3S.ClH/c1-22-10-16(4-6-18-7-5-16)9-19-15(21)11-8-12(23-20-11)13-2-3-14(17)24-13;/h2-3,8,18H,4-7,9-10H2,1H3,(H,19,21);1H. The van der Waals surface area contributed by atoms with E-state index in [4.69, 9.17) is 20.9 Å². The SMILES string of the molecule is COCC1(CNC(=O)c2cc(-c3ccc(Cl)s3)on2)CCNCC1.Cl. The molecule has 1 fully saturated rings. The molecule has 0 aromatic carbocycles. The zero-order chi connectivity index (χ0) is 17.0. The molecule has 2 N–H and O–H groups in total. The largest absolute Gasteiger partial charge is 0.384 e. The average Bonchev–Trinajstić information content (AvgIpc) is 3.23. The number of hydrogen-bond donors (Lipinski definition) is 2. The number of carbonyl (C=O) groups is 1. The normalized spacial score (nSPS) is 16.2. The van der Waals surface area contributed by atoms with Gasteiger partial charge in [0.05, 0.1) is 15.8 Å². The highest BCUT2D eigenvalue weighted by atomic mass is 35.5. The minimum absolute atomic E-state index is 0. The molecule has 2 aromatic rings. The number of carbonyl (C=O) groups excluding carboxylic acids is 1. The molecule has 0 unspecified atom stereocenters. The lowest BCUT2D eigenvalue weighted by Gasteiger charge is -2.37. The van der Waals surface area contributed by atoms with Gasteiger partial charge in [0.15, 0.2) is 11.5 Å². The van der Waals surface area contributed by atoms with Gasteiger partial charge in [-0.25, -0.2) is 0 Å². The molecule has 0 aliphatic carbocycles. The van der Waals surface area contributed by atoms with E-state index in [1.54, 1.807) is 19.2 Å². The van der Waals surface area contributed by atoms with E-state index >= 15 is 0 Å². The predicted molar refractivity (Wildman–Crippen MR) is 101 cm³/mol. The number of aromatic nitrogens is 1. The zero-order valence-electron chi connectivity index (χ0n) is 13.8. The van der Waals surface area contributed by atoms with Crippen molar-refractivity contribution in [3.05, 3.63) is 28.2 Å². The second kappa shape index (κ2) is 9.00. The van der Waals surface area contributed by atoms with Gasteiger partial charge in [0.25, 0.3) is 5.91 Å². The number of hydrogen-bond acceptors (Lipinski definition) is 6. The van der Waals surface area contributed by atoms with E-state index in [1.165, 1.54) is 11.3 Å². The predicted octanol–water partition coefficient (Wildman–Crippen LogP) is 3.22. The summed E-state index contributed by atoms with van der Waals surface area (Å²) in [5, 5.41) is 10.2. The van der Waals surface area contributed by atoms with Crippen molar-refractivity contribution in [2.45, 2.75) is 12.8 Å². The van der Waals surface area contributed by atoms with Gasteiger partial charge in [0, 0.05) is 25.1 Å². The Hall–Kier alpha value is -1.12. The third-order valence-electron chi connectivity index (χ3n) is 4.30. The van der Waals surface area contributed by atoms with Crippen LogP contribution in [0.3, 0.4) is 0 Å². The number of methoxy groups -OCH3 is 1. The van der Waals surface area contributed by atoms with Gasteiger partial charge in [0.2, 0.25) is 0 Å². The van der Waals surface area contributed by atoms with E-state index in [9.17, 15) is 4.79 Å². The molecule has 6 nitrogen and oxygen atoms in total. The minimum Gasteiger partial charge on any atom is -0.384 e. The Kier molecular flexibility index (Phi) is 7.27. The zero-order valence-corrected chi connectivity index (χ0v) is 16.2. The lowest BCUT2D eigenvalue weighted by Crippen LogP contribution is -2.47. The molecule has 1 aliphatic heterocycles. The molecule has 0 spiro atoms. The number of thiophene rings is 1. The number of nitrogens with zero attached hydrogens (tertiary/aromatic N) is 1. The lowest BCUT2D eigenvalue weighted by atomic mass is 9.79. The molecule has 3 rings (SSSR count). The first kappa shape index (κ1) is 20.2. The van der Waals surface area contributed by atoms with Crippen LogP contribution in [-0.2, 0) is 4.74 Å². The van der Waals surface area contributed by atoms with Crippen molar-refractivity contribution in [1.29, 1.82) is 0 Å². The quantitative estimate of drug-likeness (QED) is 0.771. The molecule has 0 saturated carbocycles. The maximum absolute atomic E-state index is 12.4.